The molecule has 22 heavy (non-hydrogen) atoms. The number of nitrogens with one attached hydrogen (secondary N) is 1. The molecule has 0 aromatic heterocycles. The third-order valence-corrected chi connectivity index (χ3v) is 4.08. The van der Waals surface area contributed by atoms with Crippen LogP contribution in [0.3, 0.4) is 0 Å². The van der Waals surface area contributed by atoms with Gasteiger partial charge >= 0.3 is 5.97 Å². The highest BCUT2D eigenvalue weighted by atomic mass is 16.5. The van der Waals surface area contributed by atoms with E-state index in [1.807, 2.05) is 32.0 Å². The first-order valence-corrected chi connectivity index (χ1v) is 7.34. The van der Waals surface area contributed by atoms with Gasteiger partial charge in [-0.25, -0.2) is 4.79 Å². The van der Waals surface area contributed by atoms with Gasteiger partial charge in [-0.2, -0.15) is 0 Å². The molecule has 3 nitrogen and oxygen atoms in total. The van der Waals surface area contributed by atoms with E-state index < -0.39 is 0 Å². The van der Waals surface area contributed by atoms with Crippen LogP contribution in [0.15, 0.2) is 65.5 Å². The van der Waals surface area contributed by atoms with Crippen molar-refractivity contribution in [2.45, 2.75) is 19.8 Å². The smallest absolute Gasteiger partial charge is 0.336 e. The maximum Gasteiger partial charge on any atom is 0.336 e. The molecule has 2 aromatic carbocycles. The van der Waals surface area contributed by atoms with E-state index in [0.29, 0.717) is 5.57 Å². The van der Waals surface area contributed by atoms with Crippen molar-refractivity contribution in [1.29, 1.82) is 0 Å². The lowest BCUT2D eigenvalue weighted by Gasteiger charge is -2.26. The molecular weight excluding hydrogens is 274 g/mol. The predicted molar refractivity (Wildman–Crippen MR) is 88.3 cm³/mol. The van der Waals surface area contributed by atoms with Crippen LogP contribution < -0.4 is 5.32 Å². The fourth-order valence-electron chi connectivity index (χ4n) is 3.13. The van der Waals surface area contributed by atoms with Gasteiger partial charge in [0.25, 0.3) is 0 Å². The zero-order valence-electron chi connectivity index (χ0n) is 13.0. The lowest BCUT2D eigenvalue weighted by molar-refractivity contribution is -0.136. The second-order valence-corrected chi connectivity index (χ2v) is 5.55. The highest BCUT2D eigenvalue weighted by Crippen LogP contribution is 2.36. The van der Waals surface area contributed by atoms with Crippen LogP contribution in [0.1, 0.15) is 25.3 Å². The molecule has 112 valence electrons. The Morgan fingerprint density at radius 1 is 1.09 bits per heavy atom. The summed E-state index contributed by atoms with van der Waals surface area (Å²) in [5.41, 5.74) is 3.69. The molecule has 1 atom stereocenters. The van der Waals surface area contributed by atoms with E-state index in [1.165, 1.54) is 12.5 Å². The van der Waals surface area contributed by atoms with Crippen LogP contribution in [0.4, 0.5) is 0 Å². The molecule has 1 aliphatic heterocycles. The number of methoxy groups -OCH3 is 1. The number of fused-ring (bicyclic) bond motifs is 1. The minimum atomic E-state index is -0.285. The number of esters is 1. The highest BCUT2D eigenvalue weighted by Gasteiger charge is 2.28. The van der Waals surface area contributed by atoms with Gasteiger partial charge in [-0.3, -0.25) is 0 Å². The molecule has 0 aliphatic carbocycles. The maximum absolute atomic E-state index is 12.3. The van der Waals surface area contributed by atoms with Crippen LogP contribution >= 0.6 is 0 Å². The van der Waals surface area contributed by atoms with Gasteiger partial charge in [0.2, 0.25) is 0 Å². The van der Waals surface area contributed by atoms with E-state index in [2.05, 4.69) is 35.7 Å². The largest absolute Gasteiger partial charge is 0.466 e. The molecule has 1 N–H and O–H groups in total. The Kier molecular flexibility index (Phi) is 3.72. The maximum atomic E-state index is 12.3. The van der Waals surface area contributed by atoms with Crippen molar-refractivity contribution in [2.75, 3.05) is 7.11 Å². The molecule has 3 rings (SSSR count). The van der Waals surface area contributed by atoms with Crippen LogP contribution in [0.2, 0.25) is 0 Å². The second-order valence-electron chi connectivity index (χ2n) is 5.55. The van der Waals surface area contributed by atoms with Crippen molar-refractivity contribution < 1.29 is 9.53 Å². The number of rotatable bonds is 2. The molecular formula is C19H19NO2. The van der Waals surface area contributed by atoms with Crippen LogP contribution in [-0.4, -0.2) is 13.1 Å². The van der Waals surface area contributed by atoms with Gasteiger partial charge in [0.1, 0.15) is 0 Å². The predicted octanol–water partition coefficient (Wildman–Crippen LogP) is 3.88. The van der Waals surface area contributed by atoms with E-state index >= 15 is 0 Å². The van der Waals surface area contributed by atoms with Gasteiger partial charge < -0.3 is 10.1 Å². The van der Waals surface area contributed by atoms with Gasteiger partial charge in [-0.1, -0.05) is 48.5 Å². The molecule has 0 bridgehead atoms. The topological polar surface area (TPSA) is 38.3 Å². The summed E-state index contributed by atoms with van der Waals surface area (Å²) in [5.74, 6) is -0.383. The van der Waals surface area contributed by atoms with E-state index in [9.17, 15) is 4.79 Å². The third kappa shape index (κ3) is 2.39. The van der Waals surface area contributed by atoms with Gasteiger partial charge in [-0.15, -0.1) is 0 Å². The van der Waals surface area contributed by atoms with Crippen molar-refractivity contribution in [3.05, 3.63) is 71.1 Å². The quantitative estimate of drug-likeness (QED) is 0.854. The fraction of sp³-hybridized carbons (Fsp3) is 0.211. The summed E-state index contributed by atoms with van der Waals surface area (Å²) in [6.07, 6.45) is 2.08. The summed E-state index contributed by atoms with van der Waals surface area (Å²) >= 11 is 0. The Balaban J connectivity index is 2.22. The molecule has 0 radical (unpaired) electrons. The SMILES string of the molecule is COC(=O)C1=C(C)NC(C)=CC1c1cccc2ccccc12. The molecule has 1 unspecified atom stereocenters. The summed E-state index contributed by atoms with van der Waals surface area (Å²) < 4.78 is 4.99. The minimum absolute atomic E-state index is 0.0974. The molecule has 1 heterocycles. The lowest BCUT2D eigenvalue weighted by Crippen LogP contribution is -2.25. The second kappa shape index (κ2) is 5.68. The van der Waals surface area contributed by atoms with Crippen LogP contribution in [0.5, 0.6) is 0 Å². The number of allylic oxidation sites excluding steroid dienone is 3. The van der Waals surface area contributed by atoms with Crippen molar-refractivity contribution in [2.24, 2.45) is 0 Å². The number of hydrogen-bond donors (Lipinski definition) is 1. The Labute approximate surface area is 130 Å². The normalized spacial score (nSPS) is 18.0. The fourth-order valence-corrected chi connectivity index (χ4v) is 3.13. The molecule has 0 spiro atoms. The Morgan fingerprint density at radius 3 is 2.59 bits per heavy atom. The lowest BCUT2D eigenvalue weighted by atomic mass is 9.84. The molecule has 1 aliphatic rings. The minimum Gasteiger partial charge on any atom is -0.466 e. The average Bonchev–Trinajstić information content (AvgIpc) is 2.53. The van der Waals surface area contributed by atoms with E-state index in [1.54, 1.807) is 0 Å². The van der Waals surface area contributed by atoms with E-state index in [4.69, 9.17) is 4.74 Å². The van der Waals surface area contributed by atoms with Crippen molar-refractivity contribution in [3.63, 3.8) is 0 Å². The Hall–Kier alpha value is -2.55. The first-order chi connectivity index (χ1) is 10.6. The molecule has 2 aromatic rings. The Bertz CT molecular complexity index is 797. The van der Waals surface area contributed by atoms with Gasteiger partial charge in [-0.05, 0) is 30.2 Å². The van der Waals surface area contributed by atoms with Gasteiger partial charge in [0, 0.05) is 17.3 Å². The monoisotopic (exact) mass is 293 g/mol. The van der Waals surface area contributed by atoms with Crippen molar-refractivity contribution in [1.82, 2.24) is 5.32 Å². The zero-order valence-corrected chi connectivity index (χ0v) is 13.0. The number of benzene rings is 2. The molecule has 0 amide bonds. The zero-order chi connectivity index (χ0) is 15.7. The Morgan fingerprint density at radius 2 is 1.82 bits per heavy atom. The molecule has 0 saturated carbocycles. The number of carbonyl (C=O) groups excluding carboxylic acids is 1. The van der Waals surface area contributed by atoms with E-state index in [-0.39, 0.29) is 11.9 Å². The van der Waals surface area contributed by atoms with Crippen molar-refractivity contribution >= 4 is 16.7 Å². The van der Waals surface area contributed by atoms with Gasteiger partial charge in [0.05, 0.1) is 12.7 Å². The first kappa shape index (κ1) is 14.4. The summed E-state index contributed by atoms with van der Waals surface area (Å²) in [6.45, 7) is 3.93. The summed E-state index contributed by atoms with van der Waals surface area (Å²) in [5, 5.41) is 5.57. The summed E-state index contributed by atoms with van der Waals surface area (Å²) in [7, 11) is 1.42. The van der Waals surface area contributed by atoms with Gasteiger partial charge in [0.15, 0.2) is 0 Å². The summed E-state index contributed by atoms with van der Waals surface area (Å²) in [6, 6.07) is 14.4. The van der Waals surface area contributed by atoms with E-state index in [0.717, 1.165) is 22.3 Å². The van der Waals surface area contributed by atoms with Crippen molar-refractivity contribution in [3.8, 4) is 0 Å². The first-order valence-electron chi connectivity index (χ1n) is 7.34. The number of hydrogen-bond acceptors (Lipinski definition) is 3. The summed E-state index contributed by atoms with van der Waals surface area (Å²) in [4.78, 5) is 12.3. The number of carbonyl (C=O) groups is 1. The number of ether oxygens (including phenoxy) is 1. The third-order valence-electron chi connectivity index (χ3n) is 4.08. The van der Waals surface area contributed by atoms with Crippen LogP contribution in [-0.2, 0) is 9.53 Å². The molecule has 0 fully saturated rings. The molecule has 3 heteroatoms. The van der Waals surface area contributed by atoms with Crippen LogP contribution in [0.25, 0.3) is 10.8 Å². The highest BCUT2D eigenvalue weighted by molar-refractivity contribution is 5.95. The molecule has 0 saturated heterocycles. The standard InChI is InChI=1S/C19H19NO2/c1-12-11-17(18(13(2)20-12)19(21)22-3)16-10-6-8-14-7-4-5-9-15(14)16/h4-11,17,20H,1-3H3. The average molecular weight is 293 g/mol. The number of dihydropyridines is 1. The van der Waals surface area contributed by atoms with Crippen LogP contribution in [0, 0.1) is 0 Å².